The van der Waals surface area contributed by atoms with Crippen molar-refractivity contribution in [1.82, 2.24) is 4.72 Å². The fourth-order valence-electron chi connectivity index (χ4n) is 1.48. The summed E-state index contributed by atoms with van der Waals surface area (Å²) in [6.07, 6.45) is -0.412. The second-order valence-corrected chi connectivity index (χ2v) is 5.81. The Labute approximate surface area is 116 Å². The minimum atomic E-state index is -4.01. The zero-order chi connectivity index (χ0) is 15.3. The highest BCUT2D eigenvalue weighted by Gasteiger charge is 2.26. The second-order valence-electron chi connectivity index (χ2n) is 4.09. The van der Waals surface area contributed by atoms with Crippen molar-refractivity contribution in [2.45, 2.75) is 24.3 Å². The van der Waals surface area contributed by atoms with Crippen molar-refractivity contribution in [3.05, 3.63) is 24.3 Å². The molecule has 0 fully saturated rings. The third-order valence-electron chi connectivity index (χ3n) is 2.46. The van der Waals surface area contributed by atoms with Crippen LogP contribution in [0.25, 0.3) is 0 Å². The number of methoxy groups -OCH3 is 1. The second kappa shape index (κ2) is 6.49. The molecule has 0 aliphatic rings. The van der Waals surface area contributed by atoms with Gasteiger partial charge in [-0.2, -0.15) is 4.72 Å². The number of rotatable bonds is 7. The van der Waals surface area contributed by atoms with Crippen LogP contribution in [-0.2, 0) is 19.6 Å². The highest BCUT2D eigenvalue weighted by atomic mass is 32.2. The Morgan fingerprint density at radius 1 is 1.30 bits per heavy atom. The minimum Gasteiger partial charge on any atom is -0.497 e. The number of carboxylic acid groups (broad SMARTS) is 1. The molecule has 1 aromatic rings. The van der Waals surface area contributed by atoms with E-state index in [1.165, 1.54) is 38.3 Å². The molecule has 20 heavy (non-hydrogen) atoms. The summed E-state index contributed by atoms with van der Waals surface area (Å²) in [4.78, 5) is 21.8. The minimum absolute atomic E-state index is 0.104. The summed E-state index contributed by atoms with van der Waals surface area (Å²) in [6.45, 7) is 1.19. The van der Waals surface area contributed by atoms with Gasteiger partial charge in [0, 0.05) is 6.42 Å². The van der Waals surface area contributed by atoms with Gasteiger partial charge in [0.15, 0.2) is 0 Å². The average Bonchev–Trinajstić information content (AvgIpc) is 2.37. The first-order chi connectivity index (χ1) is 9.26. The standard InChI is InChI=1S/C12H15NO6S/c1-8(14)7-11(12(15)16)13-20(17,18)10-5-3-9(19-2)4-6-10/h3-6,11,13H,7H2,1-2H3,(H,15,16). The summed E-state index contributed by atoms with van der Waals surface area (Å²) >= 11 is 0. The number of benzene rings is 1. The zero-order valence-corrected chi connectivity index (χ0v) is 11.8. The molecule has 1 rings (SSSR count). The molecule has 0 aliphatic heterocycles. The van der Waals surface area contributed by atoms with Gasteiger partial charge in [-0.05, 0) is 31.2 Å². The van der Waals surface area contributed by atoms with Gasteiger partial charge in [0.2, 0.25) is 10.0 Å². The highest BCUT2D eigenvalue weighted by molar-refractivity contribution is 7.89. The zero-order valence-electron chi connectivity index (χ0n) is 11.0. The molecule has 0 bridgehead atoms. The fraction of sp³-hybridized carbons (Fsp3) is 0.333. The van der Waals surface area contributed by atoms with Crippen LogP contribution in [0.2, 0.25) is 0 Å². The Morgan fingerprint density at radius 2 is 1.85 bits per heavy atom. The van der Waals surface area contributed by atoms with Gasteiger partial charge in [-0.3, -0.25) is 9.59 Å². The summed E-state index contributed by atoms with van der Waals surface area (Å²) in [6, 6.07) is 3.96. The van der Waals surface area contributed by atoms with Gasteiger partial charge in [-0.15, -0.1) is 0 Å². The van der Waals surface area contributed by atoms with Crippen molar-refractivity contribution in [3.63, 3.8) is 0 Å². The van der Waals surface area contributed by atoms with E-state index in [1.54, 1.807) is 0 Å². The van der Waals surface area contributed by atoms with Crippen LogP contribution in [0.4, 0.5) is 0 Å². The first kappa shape index (κ1) is 16.1. The number of nitrogens with one attached hydrogen (secondary N) is 1. The molecule has 1 aromatic carbocycles. The Bertz CT molecular complexity index is 593. The Hall–Kier alpha value is -1.93. The number of hydrogen-bond donors (Lipinski definition) is 2. The lowest BCUT2D eigenvalue weighted by Gasteiger charge is -2.13. The topological polar surface area (TPSA) is 110 Å². The Morgan fingerprint density at radius 3 is 2.25 bits per heavy atom. The molecule has 0 amide bonds. The molecule has 1 atom stereocenters. The van der Waals surface area contributed by atoms with Crippen LogP contribution in [-0.4, -0.2) is 38.4 Å². The highest BCUT2D eigenvalue weighted by Crippen LogP contribution is 2.16. The summed E-state index contributed by atoms with van der Waals surface area (Å²) in [5.74, 6) is -1.35. The molecule has 2 N–H and O–H groups in total. The van der Waals surface area contributed by atoms with Crippen LogP contribution in [0, 0.1) is 0 Å². The van der Waals surface area contributed by atoms with Gasteiger partial charge in [-0.25, -0.2) is 8.42 Å². The largest absolute Gasteiger partial charge is 0.497 e. The molecule has 110 valence electrons. The van der Waals surface area contributed by atoms with Gasteiger partial charge in [0.05, 0.1) is 12.0 Å². The maximum absolute atomic E-state index is 12.0. The predicted molar refractivity (Wildman–Crippen MR) is 70.0 cm³/mol. The SMILES string of the molecule is COc1ccc(S(=O)(=O)NC(CC(C)=O)C(=O)O)cc1. The van der Waals surface area contributed by atoms with Crippen LogP contribution >= 0.6 is 0 Å². The molecule has 0 aromatic heterocycles. The van der Waals surface area contributed by atoms with Crippen molar-refractivity contribution < 1.29 is 27.9 Å². The molecule has 1 unspecified atom stereocenters. The number of carboxylic acids is 1. The van der Waals surface area contributed by atoms with Crippen LogP contribution in [0.1, 0.15) is 13.3 Å². The van der Waals surface area contributed by atoms with E-state index >= 15 is 0 Å². The van der Waals surface area contributed by atoms with E-state index in [0.29, 0.717) is 5.75 Å². The summed E-state index contributed by atoms with van der Waals surface area (Å²) < 4.78 is 30.9. The number of ketones is 1. The molecule has 0 spiro atoms. The third-order valence-corrected chi connectivity index (χ3v) is 3.94. The molecular formula is C12H15NO6S. The van der Waals surface area contributed by atoms with Gasteiger partial charge < -0.3 is 9.84 Å². The van der Waals surface area contributed by atoms with E-state index in [0.717, 1.165) is 0 Å². The lowest BCUT2D eigenvalue weighted by atomic mass is 10.2. The van der Waals surface area contributed by atoms with Gasteiger partial charge in [0.1, 0.15) is 17.6 Å². The van der Waals surface area contributed by atoms with Crippen molar-refractivity contribution in [3.8, 4) is 5.75 Å². The maximum Gasteiger partial charge on any atom is 0.322 e. The fourth-order valence-corrected chi connectivity index (χ4v) is 2.67. The van der Waals surface area contributed by atoms with E-state index in [-0.39, 0.29) is 4.90 Å². The normalized spacial score (nSPS) is 12.7. The molecular weight excluding hydrogens is 286 g/mol. The molecule has 0 saturated heterocycles. The predicted octanol–water partition coefficient (Wildman–Crippen LogP) is 0.406. The van der Waals surface area contributed by atoms with E-state index < -0.39 is 34.2 Å². The Balaban J connectivity index is 2.96. The first-order valence-electron chi connectivity index (χ1n) is 5.65. The molecule has 0 heterocycles. The van der Waals surface area contributed by atoms with E-state index in [4.69, 9.17) is 9.84 Å². The van der Waals surface area contributed by atoms with Gasteiger partial charge in [0.25, 0.3) is 0 Å². The van der Waals surface area contributed by atoms with E-state index in [1.807, 2.05) is 4.72 Å². The van der Waals surface area contributed by atoms with Crippen LogP contribution in [0.3, 0.4) is 0 Å². The van der Waals surface area contributed by atoms with Crippen molar-refractivity contribution in [2.75, 3.05) is 7.11 Å². The Kier molecular flexibility index (Phi) is 5.23. The smallest absolute Gasteiger partial charge is 0.322 e. The molecule has 7 nitrogen and oxygen atoms in total. The first-order valence-corrected chi connectivity index (χ1v) is 7.13. The number of Topliss-reactive ketones (excluding diaryl/α,β-unsaturated/α-hetero) is 1. The number of carbonyl (C=O) groups excluding carboxylic acids is 1. The lowest BCUT2D eigenvalue weighted by molar-refractivity contribution is -0.140. The molecule has 0 aliphatic carbocycles. The van der Waals surface area contributed by atoms with E-state index in [9.17, 15) is 18.0 Å². The summed E-state index contributed by atoms with van der Waals surface area (Å²) in [7, 11) is -2.57. The summed E-state index contributed by atoms with van der Waals surface area (Å²) in [5.41, 5.74) is 0. The molecule has 0 saturated carbocycles. The van der Waals surface area contributed by atoms with Crippen LogP contribution in [0.15, 0.2) is 29.2 Å². The quantitative estimate of drug-likeness (QED) is 0.754. The van der Waals surface area contributed by atoms with Crippen molar-refractivity contribution >= 4 is 21.8 Å². The number of ether oxygens (including phenoxy) is 1. The number of hydrogen-bond acceptors (Lipinski definition) is 5. The van der Waals surface area contributed by atoms with E-state index in [2.05, 4.69) is 0 Å². The lowest BCUT2D eigenvalue weighted by Crippen LogP contribution is -2.41. The van der Waals surface area contributed by atoms with Crippen molar-refractivity contribution in [2.24, 2.45) is 0 Å². The number of aliphatic carboxylic acids is 1. The van der Waals surface area contributed by atoms with Crippen LogP contribution in [0.5, 0.6) is 5.75 Å². The number of sulfonamides is 1. The maximum atomic E-state index is 12.0. The van der Waals surface area contributed by atoms with Crippen molar-refractivity contribution in [1.29, 1.82) is 0 Å². The molecule has 0 radical (unpaired) electrons. The third kappa shape index (κ3) is 4.32. The monoisotopic (exact) mass is 301 g/mol. The van der Waals surface area contributed by atoms with Gasteiger partial charge in [-0.1, -0.05) is 0 Å². The summed E-state index contributed by atoms with van der Waals surface area (Å²) in [5, 5.41) is 8.92. The molecule has 8 heteroatoms. The number of carbonyl (C=O) groups is 2. The van der Waals surface area contributed by atoms with Gasteiger partial charge >= 0.3 is 5.97 Å². The van der Waals surface area contributed by atoms with Crippen LogP contribution < -0.4 is 9.46 Å². The average molecular weight is 301 g/mol.